The van der Waals surface area contributed by atoms with Crippen molar-refractivity contribution in [3.8, 4) is 0 Å². The molecule has 0 aliphatic heterocycles. The second-order valence-electron chi connectivity index (χ2n) is 4.08. The van der Waals surface area contributed by atoms with Crippen molar-refractivity contribution in [3.63, 3.8) is 0 Å². The Hall–Kier alpha value is -1.29. The van der Waals surface area contributed by atoms with Crippen LogP contribution in [0.2, 0.25) is 0 Å². The zero-order chi connectivity index (χ0) is 12.7. The van der Waals surface area contributed by atoms with Crippen molar-refractivity contribution in [3.05, 3.63) is 23.7 Å². The van der Waals surface area contributed by atoms with Crippen LogP contribution in [0.5, 0.6) is 0 Å². The Labute approximate surface area is 102 Å². The molecule has 1 rings (SSSR count). The second kappa shape index (κ2) is 7.12. The average molecular weight is 240 g/mol. The normalized spacial score (nSPS) is 12.6. The molecular formula is C13H20O4. The van der Waals surface area contributed by atoms with Gasteiger partial charge < -0.3 is 14.3 Å². The number of aromatic carboxylic acids is 1. The van der Waals surface area contributed by atoms with Gasteiger partial charge in [-0.05, 0) is 25.5 Å². The minimum atomic E-state index is -1.05. The number of carboxylic acid groups (broad SMARTS) is 1. The summed E-state index contributed by atoms with van der Waals surface area (Å²) < 4.78 is 10.7. The third-order valence-electron chi connectivity index (χ3n) is 2.60. The first-order chi connectivity index (χ1) is 8.15. The lowest BCUT2D eigenvalue weighted by Crippen LogP contribution is -2.01. The molecule has 0 radical (unpaired) electrons. The summed E-state index contributed by atoms with van der Waals surface area (Å²) in [7, 11) is 0. The summed E-state index contributed by atoms with van der Waals surface area (Å²) in [5.74, 6) is -0.522. The fraction of sp³-hybridized carbons (Fsp3) is 0.615. The monoisotopic (exact) mass is 240 g/mol. The van der Waals surface area contributed by atoms with E-state index >= 15 is 0 Å². The maximum Gasteiger partial charge on any atom is 0.371 e. The lowest BCUT2D eigenvalue weighted by molar-refractivity contribution is 0.0451. The Bertz CT molecular complexity index is 343. The predicted octanol–water partition coefficient (Wildman–Crippen LogP) is 3.64. The third kappa shape index (κ3) is 4.61. The number of hydrogen-bond acceptors (Lipinski definition) is 3. The van der Waals surface area contributed by atoms with Gasteiger partial charge in [0.2, 0.25) is 5.76 Å². The summed E-state index contributed by atoms with van der Waals surface area (Å²) in [6.07, 6.45) is 4.44. The highest BCUT2D eigenvalue weighted by atomic mass is 16.5. The molecule has 0 amide bonds. The Kier molecular flexibility index (Phi) is 5.77. The van der Waals surface area contributed by atoms with E-state index in [4.69, 9.17) is 14.3 Å². The first-order valence-electron chi connectivity index (χ1n) is 6.09. The van der Waals surface area contributed by atoms with E-state index < -0.39 is 5.97 Å². The van der Waals surface area contributed by atoms with Crippen LogP contribution in [0.1, 0.15) is 61.9 Å². The van der Waals surface area contributed by atoms with Gasteiger partial charge in [0.25, 0.3) is 0 Å². The lowest BCUT2D eigenvalue weighted by Gasteiger charge is -2.10. The number of furan rings is 1. The van der Waals surface area contributed by atoms with Crippen molar-refractivity contribution in [2.24, 2.45) is 0 Å². The highest BCUT2D eigenvalue weighted by molar-refractivity contribution is 5.84. The number of carbonyl (C=O) groups is 1. The SMILES string of the molecule is CCCCCCOC(C)c1ccc(C(=O)O)o1. The van der Waals surface area contributed by atoms with Crippen LogP contribution in [-0.4, -0.2) is 17.7 Å². The van der Waals surface area contributed by atoms with Gasteiger partial charge in [0.1, 0.15) is 11.9 Å². The molecule has 0 spiro atoms. The van der Waals surface area contributed by atoms with Crippen molar-refractivity contribution < 1.29 is 19.1 Å². The molecule has 0 aliphatic rings. The number of unbranched alkanes of at least 4 members (excludes halogenated alkanes) is 3. The van der Waals surface area contributed by atoms with Crippen LogP contribution in [0.3, 0.4) is 0 Å². The van der Waals surface area contributed by atoms with Crippen LogP contribution < -0.4 is 0 Å². The Morgan fingerprint density at radius 1 is 1.41 bits per heavy atom. The third-order valence-corrected chi connectivity index (χ3v) is 2.60. The molecule has 1 atom stereocenters. The predicted molar refractivity (Wildman–Crippen MR) is 64.2 cm³/mol. The molecule has 0 saturated carbocycles. The molecule has 17 heavy (non-hydrogen) atoms. The highest BCUT2D eigenvalue weighted by Gasteiger charge is 2.14. The van der Waals surface area contributed by atoms with Crippen LogP contribution in [-0.2, 0) is 4.74 Å². The summed E-state index contributed by atoms with van der Waals surface area (Å²) in [5, 5.41) is 8.72. The molecule has 1 heterocycles. The molecule has 4 heteroatoms. The van der Waals surface area contributed by atoms with Gasteiger partial charge in [-0.25, -0.2) is 4.79 Å². The standard InChI is InChI=1S/C13H20O4/c1-3-4-5-6-9-16-10(2)11-7-8-12(17-11)13(14)15/h7-8,10H,3-6,9H2,1-2H3,(H,14,15). The second-order valence-corrected chi connectivity index (χ2v) is 4.08. The minimum absolute atomic E-state index is 0.0403. The van der Waals surface area contributed by atoms with Crippen molar-refractivity contribution in [2.75, 3.05) is 6.61 Å². The van der Waals surface area contributed by atoms with Gasteiger partial charge in [-0.2, -0.15) is 0 Å². The van der Waals surface area contributed by atoms with Gasteiger partial charge in [-0.1, -0.05) is 26.2 Å². The van der Waals surface area contributed by atoms with Gasteiger partial charge in [0.15, 0.2) is 0 Å². The number of rotatable bonds is 8. The average Bonchev–Trinajstić information content (AvgIpc) is 2.78. The van der Waals surface area contributed by atoms with E-state index in [0.29, 0.717) is 12.4 Å². The zero-order valence-corrected chi connectivity index (χ0v) is 10.4. The fourth-order valence-electron chi connectivity index (χ4n) is 1.56. The lowest BCUT2D eigenvalue weighted by atomic mass is 10.2. The van der Waals surface area contributed by atoms with Gasteiger partial charge >= 0.3 is 5.97 Å². The van der Waals surface area contributed by atoms with E-state index in [0.717, 1.165) is 6.42 Å². The molecular weight excluding hydrogens is 220 g/mol. The maximum atomic E-state index is 10.6. The van der Waals surface area contributed by atoms with Gasteiger partial charge in [-0.3, -0.25) is 0 Å². The molecule has 0 saturated heterocycles. The zero-order valence-electron chi connectivity index (χ0n) is 10.4. The van der Waals surface area contributed by atoms with E-state index in [1.54, 1.807) is 6.07 Å². The molecule has 0 fully saturated rings. The highest BCUT2D eigenvalue weighted by Crippen LogP contribution is 2.20. The van der Waals surface area contributed by atoms with Crippen LogP contribution in [0.4, 0.5) is 0 Å². The largest absolute Gasteiger partial charge is 0.475 e. The summed E-state index contributed by atoms with van der Waals surface area (Å²) in [5.41, 5.74) is 0. The minimum Gasteiger partial charge on any atom is -0.475 e. The summed E-state index contributed by atoms with van der Waals surface area (Å²) >= 11 is 0. The Morgan fingerprint density at radius 2 is 2.18 bits per heavy atom. The van der Waals surface area contributed by atoms with Crippen molar-refractivity contribution >= 4 is 5.97 Å². The molecule has 0 aromatic carbocycles. The first kappa shape index (κ1) is 13.8. The molecule has 1 N–H and O–H groups in total. The molecule has 4 nitrogen and oxygen atoms in total. The van der Waals surface area contributed by atoms with Crippen LogP contribution in [0, 0.1) is 0 Å². The summed E-state index contributed by atoms with van der Waals surface area (Å²) in [4.78, 5) is 10.6. The topological polar surface area (TPSA) is 59.7 Å². The van der Waals surface area contributed by atoms with Crippen LogP contribution >= 0.6 is 0 Å². The van der Waals surface area contributed by atoms with E-state index in [1.165, 1.54) is 25.3 Å². The van der Waals surface area contributed by atoms with E-state index in [9.17, 15) is 4.79 Å². The quantitative estimate of drug-likeness (QED) is 0.705. The Morgan fingerprint density at radius 3 is 2.76 bits per heavy atom. The fourth-order valence-corrected chi connectivity index (χ4v) is 1.56. The molecule has 1 aromatic rings. The van der Waals surface area contributed by atoms with Gasteiger partial charge in [0.05, 0.1) is 0 Å². The van der Waals surface area contributed by atoms with Gasteiger partial charge in [-0.15, -0.1) is 0 Å². The van der Waals surface area contributed by atoms with E-state index in [2.05, 4.69) is 6.92 Å². The molecule has 96 valence electrons. The molecule has 1 aromatic heterocycles. The van der Waals surface area contributed by atoms with Crippen molar-refractivity contribution in [1.29, 1.82) is 0 Å². The van der Waals surface area contributed by atoms with E-state index in [1.807, 2.05) is 6.92 Å². The molecule has 1 unspecified atom stereocenters. The maximum absolute atomic E-state index is 10.6. The van der Waals surface area contributed by atoms with Crippen LogP contribution in [0.25, 0.3) is 0 Å². The van der Waals surface area contributed by atoms with E-state index in [-0.39, 0.29) is 11.9 Å². The van der Waals surface area contributed by atoms with Gasteiger partial charge in [0, 0.05) is 6.61 Å². The summed E-state index contributed by atoms with van der Waals surface area (Å²) in [6.45, 7) is 4.72. The number of hydrogen-bond donors (Lipinski definition) is 1. The van der Waals surface area contributed by atoms with Crippen LogP contribution in [0.15, 0.2) is 16.5 Å². The molecule has 0 bridgehead atoms. The molecule has 0 aliphatic carbocycles. The first-order valence-corrected chi connectivity index (χ1v) is 6.09. The number of ether oxygens (including phenoxy) is 1. The summed E-state index contributed by atoms with van der Waals surface area (Å²) in [6, 6.07) is 3.11. The smallest absolute Gasteiger partial charge is 0.371 e. The van der Waals surface area contributed by atoms with Crippen molar-refractivity contribution in [2.45, 2.75) is 45.6 Å². The number of carboxylic acids is 1. The van der Waals surface area contributed by atoms with Crippen molar-refractivity contribution in [1.82, 2.24) is 0 Å². The Balaban J connectivity index is 2.31.